The number of aromatic nitrogens is 3. The summed E-state index contributed by atoms with van der Waals surface area (Å²) in [5.74, 6) is 0.279. The second-order valence-corrected chi connectivity index (χ2v) is 10.5. The Morgan fingerprint density at radius 2 is 1.86 bits per heavy atom. The third kappa shape index (κ3) is 4.66. The lowest BCUT2D eigenvalue weighted by Gasteiger charge is -2.19. The van der Waals surface area contributed by atoms with Gasteiger partial charge in [-0.2, -0.15) is 0 Å². The predicted octanol–water partition coefficient (Wildman–Crippen LogP) is 4.86. The number of sulfonamides is 1. The van der Waals surface area contributed by atoms with Gasteiger partial charge in [-0.25, -0.2) is 18.5 Å². The van der Waals surface area contributed by atoms with Crippen molar-refractivity contribution in [3.63, 3.8) is 0 Å². The molecule has 0 amide bonds. The minimum atomic E-state index is -4.21. The first kappa shape index (κ1) is 24.8. The minimum absolute atomic E-state index is 0.0466. The molecule has 1 atom stereocenters. The summed E-state index contributed by atoms with van der Waals surface area (Å²) in [7, 11) is -4.21. The molecule has 0 saturated carbocycles. The molecule has 0 fully saturated rings. The van der Waals surface area contributed by atoms with E-state index in [1.807, 2.05) is 25.1 Å². The van der Waals surface area contributed by atoms with Crippen molar-refractivity contribution in [2.75, 3.05) is 0 Å². The molecule has 5 rings (SSSR count). The van der Waals surface area contributed by atoms with E-state index in [9.17, 15) is 13.2 Å². The Kier molecular flexibility index (Phi) is 6.18. The van der Waals surface area contributed by atoms with E-state index in [2.05, 4.69) is 15.0 Å². The Morgan fingerprint density at radius 1 is 1.08 bits per heavy atom. The summed E-state index contributed by atoms with van der Waals surface area (Å²) < 4.78 is 36.5. The predicted molar refractivity (Wildman–Crippen MR) is 140 cm³/mol. The van der Waals surface area contributed by atoms with Crippen molar-refractivity contribution in [1.29, 1.82) is 0 Å². The van der Waals surface area contributed by atoms with Gasteiger partial charge in [0.2, 0.25) is 5.03 Å². The largest absolute Gasteiger partial charge is 0.483 e. The molecule has 0 aliphatic rings. The highest BCUT2D eigenvalue weighted by Gasteiger charge is 2.24. The molecule has 0 aliphatic heterocycles. The third-order valence-corrected chi connectivity index (χ3v) is 6.95. The number of primary sulfonamides is 1. The fourth-order valence-electron chi connectivity index (χ4n) is 4.17. The van der Waals surface area contributed by atoms with Gasteiger partial charge in [0.1, 0.15) is 22.6 Å². The number of hydrogen-bond acceptors (Lipinski definition) is 8. The number of aryl methyl sites for hydroxylation is 1. The van der Waals surface area contributed by atoms with Crippen LogP contribution in [0.4, 0.5) is 0 Å². The highest BCUT2D eigenvalue weighted by molar-refractivity contribution is 7.89. The molecule has 0 aliphatic carbocycles. The number of hydrogen-bond donors (Lipinski definition) is 1. The van der Waals surface area contributed by atoms with Crippen molar-refractivity contribution in [1.82, 2.24) is 15.0 Å². The molecule has 4 heterocycles. The van der Waals surface area contributed by atoms with Crippen LogP contribution in [0.25, 0.3) is 33.3 Å². The van der Waals surface area contributed by atoms with Crippen molar-refractivity contribution >= 4 is 43.6 Å². The molecule has 2 N–H and O–H groups in total. The van der Waals surface area contributed by atoms with Crippen LogP contribution in [0.3, 0.4) is 0 Å². The number of halogens is 1. The number of nitrogens with two attached hydrogens (primary N) is 1. The van der Waals surface area contributed by atoms with Crippen molar-refractivity contribution in [3.05, 3.63) is 86.9 Å². The molecule has 0 radical (unpaired) electrons. The van der Waals surface area contributed by atoms with Gasteiger partial charge in [-0.15, -0.1) is 0 Å². The van der Waals surface area contributed by atoms with Crippen LogP contribution in [0.15, 0.2) is 69.1 Å². The van der Waals surface area contributed by atoms with Gasteiger partial charge in [-0.1, -0.05) is 11.6 Å². The third-order valence-electron chi connectivity index (χ3n) is 5.91. The van der Waals surface area contributed by atoms with Crippen molar-refractivity contribution in [3.8, 4) is 17.1 Å². The van der Waals surface area contributed by atoms with Crippen LogP contribution in [0.1, 0.15) is 29.7 Å². The molecule has 5 aromatic rings. The maximum Gasteiger partial charge on any atom is 0.259 e. The Morgan fingerprint density at radius 3 is 2.62 bits per heavy atom. The smallest absolute Gasteiger partial charge is 0.259 e. The molecule has 4 aromatic heterocycles. The van der Waals surface area contributed by atoms with Crippen LogP contribution in [0.2, 0.25) is 5.15 Å². The fourth-order valence-corrected chi connectivity index (χ4v) is 4.99. The van der Waals surface area contributed by atoms with Gasteiger partial charge in [-0.3, -0.25) is 14.8 Å². The lowest BCUT2D eigenvalue weighted by atomic mass is 10.00. The molecule has 37 heavy (non-hydrogen) atoms. The lowest BCUT2D eigenvalue weighted by Crippen LogP contribution is -2.17. The molecule has 0 saturated heterocycles. The summed E-state index contributed by atoms with van der Waals surface area (Å²) in [6.45, 7) is 5.25. The average Bonchev–Trinajstić information content (AvgIpc) is 2.86. The van der Waals surface area contributed by atoms with E-state index in [0.717, 1.165) is 5.56 Å². The van der Waals surface area contributed by atoms with Gasteiger partial charge >= 0.3 is 0 Å². The SMILES string of the molecule is Cc1cc([C@@H](C)Oc2ccc(Cl)nc2S(N)(=O)=O)c2oc(-c3cnc4cccnc4c3)c(C)c(=O)c2c1. The minimum Gasteiger partial charge on any atom is -0.483 e. The normalized spacial score (nSPS) is 12.7. The van der Waals surface area contributed by atoms with Crippen LogP contribution >= 0.6 is 11.6 Å². The van der Waals surface area contributed by atoms with Gasteiger partial charge in [0, 0.05) is 29.1 Å². The van der Waals surface area contributed by atoms with Crippen LogP contribution in [-0.2, 0) is 10.0 Å². The first-order chi connectivity index (χ1) is 17.5. The Labute approximate surface area is 217 Å². The van der Waals surface area contributed by atoms with Gasteiger partial charge in [-0.05, 0) is 68.8 Å². The van der Waals surface area contributed by atoms with Gasteiger partial charge in [0.05, 0.1) is 16.4 Å². The maximum absolute atomic E-state index is 13.4. The van der Waals surface area contributed by atoms with Crippen molar-refractivity contribution in [2.24, 2.45) is 5.14 Å². The summed E-state index contributed by atoms with van der Waals surface area (Å²) in [6, 6.07) is 11.8. The molecule has 11 heteroatoms. The quantitative estimate of drug-likeness (QED) is 0.314. The zero-order chi connectivity index (χ0) is 26.5. The zero-order valence-corrected chi connectivity index (χ0v) is 21.6. The van der Waals surface area contributed by atoms with Crippen molar-refractivity contribution < 1.29 is 17.6 Å². The highest BCUT2D eigenvalue weighted by atomic mass is 35.5. The van der Waals surface area contributed by atoms with Crippen LogP contribution in [0.5, 0.6) is 5.75 Å². The maximum atomic E-state index is 13.4. The standard InChI is InChI=1S/C26H21ClN4O5S/c1-13-9-17(15(3)35-21-6-7-22(27)31-26(21)37(28,33)34)25-18(10-13)23(32)14(2)24(36-25)16-11-20-19(30-12-16)5-4-8-29-20/h4-12,15H,1-3H3,(H2,28,33,34)/t15-/m1/s1. The topological polar surface area (TPSA) is 138 Å². The molecule has 0 unspecified atom stereocenters. The average molecular weight is 537 g/mol. The number of fused-ring (bicyclic) bond motifs is 2. The van der Waals surface area contributed by atoms with Gasteiger partial charge < -0.3 is 9.15 Å². The summed E-state index contributed by atoms with van der Waals surface area (Å²) >= 11 is 5.87. The zero-order valence-electron chi connectivity index (χ0n) is 20.0. The first-order valence-electron chi connectivity index (χ1n) is 11.2. The second-order valence-electron chi connectivity index (χ2n) is 8.62. The van der Waals surface area contributed by atoms with Gasteiger partial charge in [0.15, 0.2) is 11.2 Å². The van der Waals surface area contributed by atoms with E-state index < -0.39 is 21.2 Å². The fraction of sp³-hybridized carbons (Fsp3) is 0.154. The molecule has 0 spiro atoms. The summed E-state index contributed by atoms with van der Waals surface area (Å²) in [5, 5.41) is 5.15. The first-order valence-corrected chi connectivity index (χ1v) is 13.1. The lowest BCUT2D eigenvalue weighted by molar-refractivity contribution is 0.219. The van der Waals surface area contributed by atoms with Crippen LogP contribution < -0.4 is 15.3 Å². The van der Waals surface area contributed by atoms with E-state index in [-0.39, 0.29) is 16.3 Å². The highest BCUT2D eigenvalue weighted by Crippen LogP contribution is 2.34. The van der Waals surface area contributed by atoms with E-state index >= 15 is 0 Å². The molecular formula is C26H21ClN4O5S. The number of nitrogens with zero attached hydrogens (tertiary/aromatic N) is 3. The van der Waals surface area contributed by atoms with E-state index in [0.29, 0.717) is 44.5 Å². The van der Waals surface area contributed by atoms with E-state index in [4.69, 9.17) is 25.9 Å². The van der Waals surface area contributed by atoms with E-state index in [1.165, 1.54) is 12.1 Å². The van der Waals surface area contributed by atoms with Crippen molar-refractivity contribution in [2.45, 2.75) is 31.9 Å². The van der Waals surface area contributed by atoms with Crippen LogP contribution in [-0.4, -0.2) is 23.4 Å². The summed E-state index contributed by atoms with van der Waals surface area (Å²) in [6.07, 6.45) is 2.55. The summed E-state index contributed by atoms with van der Waals surface area (Å²) in [4.78, 5) is 26.0. The molecule has 1 aromatic carbocycles. The Hall–Kier alpha value is -3.86. The number of pyridine rings is 3. The molecule has 9 nitrogen and oxygen atoms in total. The number of benzene rings is 1. The van der Waals surface area contributed by atoms with E-state index in [1.54, 1.807) is 38.4 Å². The second kappa shape index (κ2) is 9.22. The number of rotatable bonds is 5. The van der Waals surface area contributed by atoms with Gasteiger partial charge in [0.25, 0.3) is 10.0 Å². The number of ether oxygens (including phenoxy) is 1. The summed E-state index contributed by atoms with van der Waals surface area (Å²) in [5.41, 5.74) is 3.85. The molecule has 0 bridgehead atoms. The Bertz CT molecular complexity index is 1870. The Balaban J connectivity index is 1.68. The monoisotopic (exact) mass is 536 g/mol. The molecular weight excluding hydrogens is 516 g/mol. The molecule has 188 valence electrons. The van der Waals surface area contributed by atoms with Crippen LogP contribution in [0, 0.1) is 13.8 Å².